The summed E-state index contributed by atoms with van der Waals surface area (Å²) in [5.41, 5.74) is -0.704. The van der Waals surface area contributed by atoms with E-state index < -0.39 is 29.6 Å². The summed E-state index contributed by atoms with van der Waals surface area (Å²) < 4.78 is 53.1. The molecule has 2 aromatic carbocycles. The van der Waals surface area contributed by atoms with Gasteiger partial charge in [0.05, 0.1) is 23.6 Å². The quantitative estimate of drug-likeness (QED) is 0.661. The van der Waals surface area contributed by atoms with Gasteiger partial charge in [-0.15, -0.1) is 5.10 Å². The lowest BCUT2D eigenvalue weighted by atomic mass is 10.1. The molecule has 1 aromatic heterocycles. The molecule has 2 N–H and O–H groups in total. The number of alkyl halides is 3. The highest BCUT2D eigenvalue weighted by atomic mass is 19.4. The second-order valence-electron chi connectivity index (χ2n) is 5.96. The zero-order chi connectivity index (χ0) is 20.5. The van der Waals surface area contributed by atoms with Crippen molar-refractivity contribution in [1.82, 2.24) is 15.0 Å². The van der Waals surface area contributed by atoms with Gasteiger partial charge in [0.15, 0.2) is 5.69 Å². The maximum atomic E-state index is 13.6. The molecule has 0 aliphatic carbocycles. The Morgan fingerprint density at radius 2 is 1.96 bits per heavy atom. The van der Waals surface area contributed by atoms with Crippen molar-refractivity contribution in [3.8, 4) is 5.69 Å². The molecule has 0 radical (unpaired) electrons. The van der Waals surface area contributed by atoms with Crippen LogP contribution in [0, 0.1) is 5.82 Å². The predicted octanol–water partition coefficient (Wildman–Crippen LogP) is 3.73. The van der Waals surface area contributed by atoms with E-state index in [2.05, 4.69) is 15.6 Å². The molecular weight excluding hydrogens is 380 g/mol. The minimum atomic E-state index is -4.51. The Bertz CT molecular complexity index is 1010. The van der Waals surface area contributed by atoms with Crippen LogP contribution in [0.15, 0.2) is 48.7 Å². The first-order chi connectivity index (χ1) is 13.1. The average molecular weight is 394 g/mol. The van der Waals surface area contributed by atoms with Gasteiger partial charge in [-0.3, -0.25) is 4.79 Å². The molecule has 0 unspecified atom stereocenters. The number of aliphatic hydroxyl groups is 1. The third-order valence-corrected chi connectivity index (χ3v) is 3.87. The minimum absolute atomic E-state index is 0.00502. The highest BCUT2D eigenvalue weighted by Gasteiger charge is 2.30. The van der Waals surface area contributed by atoms with Gasteiger partial charge in [0.2, 0.25) is 0 Å². The molecule has 3 aromatic rings. The van der Waals surface area contributed by atoms with Gasteiger partial charge in [-0.2, -0.15) is 13.2 Å². The van der Waals surface area contributed by atoms with Crippen molar-refractivity contribution in [1.29, 1.82) is 0 Å². The number of carbonyl (C=O) groups excluding carboxylic acids is 1. The largest absolute Gasteiger partial charge is 0.416 e. The van der Waals surface area contributed by atoms with E-state index in [9.17, 15) is 27.5 Å². The molecule has 146 valence electrons. The van der Waals surface area contributed by atoms with E-state index in [0.29, 0.717) is 0 Å². The van der Waals surface area contributed by atoms with Gasteiger partial charge in [-0.1, -0.05) is 11.3 Å². The molecule has 0 aliphatic rings. The van der Waals surface area contributed by atoms with Gasteiger partial charge in [0.1, 0.15) is 5.82 Å². The fraction of sp³-hybridized carbons (Fsp3) is 0.167. The van der Waals surface area contributed by atoms with Crippen LogP contribution in [0.5, 0.6) is 0 Å². The molecule has 0 bridgehead atoms. The third-order valence-electron chi connectivity index (χ3n) is 3.87. The van der Waals surface area contributed by atoms with Gasteiger partial charge >= 0.3 is 6.18 Å². The number of nitrogens with one attached hydrogen (secondary N) is 1. The van der Waals surface area contributed by atoms with E-state index in [1.54, 1.807) is 0 Å². The number of anilines is 1. The Hall–Kier alpha value is -3.27. The van der Waals surface area contributed by atoms with Crippen LogP contribution in [-0.2, 0) is 6.18 Å². The molecule has 1 atom stereocenters. The van der Waals surface area contributed by atoms with Crippen molar-refractivity contribution in [2.24, 2.45) is 0 Å². The van der Waals surface area contributed by atoms with E-state index in [0.717, 1.165) is 22.9 Å². The van der Waals surface area contributed by atoms with Crippen LogP contribution in [0.4, 0.5) is 23.2 Å². The van der Waals surface area contributed by atoms with Crippen LogP contribution >= 0.6 is 0 Å². The van der Waals surface area contributed by atoms with E-state index in [-0.39, 0.29) is 22.6 Å². The SMILES string of the molecule is C[C@H](O)c1cc(NC(=O)c2cn(-c3cccc(C(F)(F)F)c3)nn2)ccc1F. The van der Waals surface area contributed by atoms with E-state index in [1.807, 2.05) is 0 Å². The second-order valence-corrected chi connectivity index (χ2v) is 5.96. The first-order valence-corrected chi connectivity index (χ1v) is 8.04. The molecule has 0 aliphatic heterocycles. The Balaban J connectivity index is 1.81. The number of aromatic nitrogens is 3. The van der Waals surface area contributed by atoms with Gasteiger partial charge in [0.25, 0.3) is 5.91 Å². The Morgan fingerprint density at radius 3 is 2.64 bits per heavy atom. The van der Waals surface area contributed by atoms with E-state index >= 15 is 0 Å². The van der Waals surface area contributed by atoms with Crippen molar-refractivity contribution in [3.63, 3.8) is 0 Å². The Labute approximate surface area is 156 Å². The fourth-order valence-corrected chi connectivity index (χ4v) is 2.46. The maximum Gasteiger partial charge on any atom is 0.416 e. The zero-order valence-electron chi connectivity index (χ0n) is 14.4. The summed E-state index contributed by atoms with van der Waals surface area (Å²) in [6.07, 6.45) is -4.41. The van der Waals surface area contributed by atoms with Gasteiger partial charge in [-0.05, 0) is 43.3 Å². The van der Waals surface area contributed by atoms with Crippen LogP contribution in [0.2, 0.25) is 0 Å². The Kier molecular flexibility index (Phi) is 5.14. The average Bonchev–Trinajstić information content (AvgIpc) is 3.13. The number of hydrogen-bond donors (Lipinski definition) is 2. The van der Waals surface area contributed by atoms with Gasteiger partial charge in [0, 0.05) is 11.3 Å². The lowest BCUT2D eigenvalue weighted by molar-refractivity contribution is -0.137. The van der Waals surface area contributed by atoms with E-state index in [1.165, 1.54) is 37.4 Å². The number of amides is 1. The molecule has 0 fully saturated rings. The standard InChI is InChI=1S/C18H14F4N4O2/c1-10(27)14-8-12(5-6-15(14)19)23-17(28)16-9-26(25-24-16)13-4-2-3-11(7-13)18(20,21)22/h2-10,27H,1H3,(H,23,28)/t10-/m0/s1. The monoisotopic (exact) mass is 394 g/mol. The maximum absolute atomic E-state index is 13.6. The number of carbonyl (C=O) groups is 1. The molecule has 3 rings (SSSR count). The van der Waals surface area contributed by atoms with Crippen LogP contribution in [0.1, 0.15) is 34.6 Å². The topological polar surface area (TPSA) is 80.0 Å². The molecule has 1 heterocycles. The second kappa shape index (κ2) is 7.39. The molecular formula is C18H14F4N4O2. The van der Waals surface area contributed by atoms with Crippen LogP contribution in [-0.4, -0.2) is 26.0 Å². The summed E-state index contributed by atoms with van der Waals surface area (Å²) in [7, 11) is 0. The number of hydrogen-bond acceptors (Lipinski definition) is 4. The summed E-state index contributed by atoms with van der Waals surface area (Å²) in [5, 5.41) is 19.3. The van der Waals surface area contributed by atoms with E-state index in [4.69, 9.17) is 0 Å². The summed E-state index contributed by atoms with van der Waals surface area (Å²) in [4.78, 5) is 12.3. The lowest BCUT2D eigenvalue weighted by Gasteiger charge is -2.09. The number of benzene rings is 2. The molecule has 28 heavy (non-hydrogen) atoms. The molecule has 6 nitrogen and oxygen atoms in total. The van der Waals surface area contributed by atoms with Crippen molar-refractivity contribution in [3.05, 3.63) is 71.3 Å². The summed E-state index contributed by atoms with van der Waals surface area (Å²) in [6.45, 7) is 1.38. The fourth-order valence-electron chi connectivity index (χ4n) is 2.46. The Morgan fingerprint density at radius 1 is 1.21 bits per heavy atom. The molecule has 0 saturated carbocycles. The minimum Gasteiger partial charge on any atom is -0.389 e. The zero-order valence-corrected chi connectivity index (χ0v) is 14.4. The first-order valence-electron chi connectivity index (χ1n) is 8.04. The van der Waals surface area contributed by atoms with Crippen molar-refractivity contribution >= 4 is 11.6 Å². The number of halogens is 4. The lowest BCUT2D eigenvalue weighted by Crippen LogP contribution is -2.13. The van der Waals surface area contributed by atoms with Crippen molar-refractivity contribution in [2.45, 2.75) is 19.2 Å². The number of nitrogens with zero attached hydrogens (tertiary/aromatic N) is 3. The highest BCUT2D eigenvalue weighted by molar-refractivity contribution is 6.02. The van der Waals surface area contributed by atoms with Crippen LogP contribution in [0.25, 0.3) is 5.69 Å². The smallest absolute Gasteiger partial charge is 0.389 e. The van der Waals surface area contributed by atoms with Gasteiger partial charge in [-0.25, -0.2) is 9.07 Å². The number of rotatable bonds is 4. The van der Waals surface area contributed by atoms with Crippen LogP contribution in [0.3, 0.4) is 0 Å². The van der Waals surface area contributed by atoms with Gasteiger partial charge < -0.3 is 10.4 Å². The summed E-state index contributed by atoms with van der Waals surface area (Å²) in [5.74, 6) is -1.31. The number of aliphatic hydroxyl groups excluding tert-OH is 1. The third kappa shape index (κ3) is 4.17. The van der Waals surface area contributed by atoms with Crippen LogP contribution < -0.4 is 5.32 Å². The molecule has 0 saturated heterocycles. The first kappa shape index (κ1) is 19.5. The summed E-state index contributed by atoms with van der Waals surface area (Å²) >= 11 is 0. The predicted molar refractivity (Wildman–Crippen MR) is 91.3 cm³/mol. The normalized spacial score (nSPS) is 12.6. The molecule has 10 heteroatoms. The van der Waals surface area contributed by atoms with Crippen molar-refractivity contribution < 1.29 is 27.5 Å². The molecule has 1 amide bonds. The summed E-state index contributed by atoms with van der Waals surface area (Å²) in [6, 6.07) is 8.08. The molecule has 0 spiro atoms. The highest BCUT2D eigenvalue weighted by Crippen LogP contribution is 2.30. The van der Waals surface area contributed by atoms with Crippen molar-refractivity contribution in [2.75, 3.05) is 5.32 Å².